The zero-order chi connectivity index (χ0) is 19.9. The highest BCUT2D eigenvalue weighted by molar-refractivity contribution is 7.92. The molecule has 2 N–H and O–H groups in total. The molecule has 0 amide bonds. The molecule has 0 radical (unpaired) electrons. The minimum absolute atomic E-state index is 0.0135. The number of nitrogens with zero attached hydrogens (tertiary/aromatic N) is 1. The van der Waals surface area contributed by atoms with E-state index in [1.807, 2.05) is 38.7 Å². The SMILES string of the molecule is CC1(C)OB(c2cccc(NS(=O)(=O)CCN3CC[C@@H](O)C3)c2)OC1(C)C. The van der Waals surface area contributed by atoms with Crippen LogP contribution in [0.3, 0.4) is 0 Å². The highest BCUT2D eigenvalue weighted by atomic mass is 32.2. The van der Waals surface area contributed by atoms with Crippen LogP contribution in [0.25, 0.3) is 0 Å². The Bertz CT molecular complexity index is 768. The van der Waals surface area contributed by atoms with Crippen molar-refractivity contribution in [2.75, 3.05) is 30.1 Å². The van der Waals surface area contributed by atoms with Crippen molar-refractivity contribution in [1.82, 2.24) is 4.90 Å². The zero-order valence-electron chi connectivity index (χ0n) is 16.4. The van der Waals surface area contributed by atoms with E-state index in [9.17, 15) is 13.5 Å². The van der Waals surface area contributed by atoms with Gasteiger partial charge < -0.3 is 14.4 Å². The van der Waals surface area contributed by atoms with E-state index in [0.29, 0.717) is 25.2 Å². The molecule has 2 heterocycles. The zero-order valence-corrected chi connectivity index (χ0v) is 17.3. The standard InChI is InChI=1S/C18H29BN2O5S/c1-17(2)18(3,4)26-19(25-17)14-6-5-7-15(12-14)20-27(23,24)11-10-21-9-8-16(22)13-21/h5-7,12,16,20,22H,8-11,13H2,1-4H3/t16-/m1/s1. The average molecular weight is 396 g/mol. The monoisotopic (exact) mass is 396 g/mol. The van der Waals surface area contributed by atoms with Gasteiger partial charge in [-0.3, -0.25) is 9.62 Å². The first-order valence-electron chi connectivity index (χ1n) is 9.34. The van der Waals surface area contributed by atoms with Crippen molar-refractivity contribution >= 4 is 28.3 Å². The molecule has 1 aromatic carbocycles. The van der Waals surface area contributed by atoms with Crippen LogP contribution in [0.2, 0.25) is 0 Å². The largest absolute Gasteiger partial charge is 0.494 e. The minimum Gasteiger partial charge on any atom is -0.399 e. The Kier molecular flexibility index (Phi) is 5.62. The van der Waals surface area contributed by atoms with E-state index in [-0.39, 0.29) is 11.9 Å². The van der Waals surface area contributed by atoms with Crippen LogP contribution in [-0.2, 0) is 19.3 Å². The topological polar surface area (TPSA) is 88.1 Å². The molecule has 0 saturated carbocycles. The van der Waals surface area contributed by atoms with Crippen molar-refractivity contribution in [3.8, 4) is 0 Å². The van der Waals surface area contributed by atoms with Crippen LogP contribution in [0.4, 0.5) is 5.69 Å². The third-order valence-corrected chi connectivity index (χ3v) is 6.88. The molecule has 2 fully saturated rings. The second-order valence-corrected chi connectivity index (χ2v) is 10.2. The van der Waals surface area contributed by atoms with E-state index in [1.165, 1.54) is 0 Å². The average Bonchev–Trinajstić information content (AvgIpc) is 3.06. The lowest BCUT2D eigenvalue weighted by molar-refractivity contribution is 0.00578. The van der Waals surface area contributed by atoms with Gasteiger partial charge in [-0.1, -0.05) is 12.1 Å². The predicted molar refractivity (Wildman–Crippen MR) is 107 cm³/mol. The smallest absolute Gasteiger partial charge is 0.399 e. The summed E-state index contributed by atoms with van der Waals surface area (Å²) in [5, 5.41) is 9.54. The number of hydrogen-bond donors (Lipinski definition) is 2. The Balaban J connectivity index is 1.64. The maximum atomic E-state index is 12.4. The first-order valence-corrected chi connectivity index (χ1v) is 11.0. The van der Waals surface area contributed by atoms with Gasteiger partial charge in [0.25, 0.3) is 0 Å². The van der Waals surface area contributed by atoms with Crippen LogP contribution < -0.4 is 10.2 Å². The van der Waals surface area contributed by atoms with Gasteiger partial charge in [0.2, 0.25) is 10.0 Å². The first-order chi connectivity index (χ1) is 12.5. The van der Waals surface area contributed by atoms with E-state index < -0.39 is 28.3 Å². The normalized spacial score (nSPS) is 25.1. The number of rotatable bonds is 6. The Morgan fingerprint density at radius 1 is 1.26 bits per heavy atom. The molecule has 0 aromatic heterocycles. The molecule has 2 aliphatic heterocycles. The number of likely N-dealkylation sites (tertiary alicyclic amines) is 1. The summed E-state index contributed by atoms with van der Waals surface area (Å²) in [6.07, 6.45) is 0.348. The van der Waals surface area contributed by atoms with Crippen molar-refractivity contribution in [3.63, 3.8) is 0 Å². The molecule has 1 aromatic rings. The van der Waals surface area contributed by atoms with Gasteiger partial charge in [0.1, 0.15) is 0 Å². The fourth-order valence-corrected chi connectivity index (χ4v) is 4.31. The lowest BCUT2D eigenvalue weighted by atomic mass is 9.79. The van der Waals surface area contributed by atoms with Crippen LogP contribution in [0.5, 0.6) is 0 Å². The maximum Gasteiger partial charge on any atom is 0.494 e. The quantitative estimate of drug-likeness (QED) is 0.692. The summed E-state index contributed by atoms with van der Waals surface area (Å²) in [7, 11) is -4.02. The minimum atomic E-state index is -3.48. The Morgan fingerprint density at radius 3 is 2.52 bits per heavy atom. The predicted octanol–water partition coefficient (Wildman–Crippen LogP) is 0.794. The van der Waals surface area contributed by atoms with Crippen LogP contribution in [0.1, 0.15) is 34.1 Å². The molecule has 3 rings (SSSR count). The molecule has 2 saturated heterocycles. The molecule has 0 unspecified atom stereocenters. The molecule has 9 heteroatoms. The van der Waals surface area contributed by atoms with Crippen molar-refractivity contribution < 1.29 is 22.8 Å². The molecule has 0 bridgehead atoms. The summed E-state index contributed by atoms with van der Waals surface area (Å²) < 4.78 is 39.5. The molecule has 0 spiro atoms. The van der Waals surface area contributed by atoms with E-state index in [0.717, 1.165) is 12.0 Å². The summed E-state index contributed by atoms with van der Waals surface area (Å²) in [5.74, 6) is -0.0135. The second-order valence-electron chi connectivity index (χ2n) is 8.38. The number of hydrogen-bond acceptors (Lipinski definition) is 6. The van der Waals surface area contributed by atoms with Gasteiger partial charge >= 0.3 is 7.12 Å². The second kappa shape index (κ2) is 7.37. The molecule has 7 nitrogen and oxygen atoms in total. The maximum absolute atomic E-state index is 12.4. The Hall–Kier alpha value is -1.13. The molecule has 2 aliphatic rings. The van der Waals surface area contributed by atoms with Gasteiger partial charge in [-0.25, -0.2) is 8.42 Å². The number of aliphatic hydroxyl groups excluding tert-OH is 1. The molecule has 0 aliphatic carbocycles. The van der Waals surface area contributed by atoms with Gasteiger partial charge in [-0.2, -0.15) is 0 Å². The van der Waals surface area contributed by atoms with Crippen LogP contribution in [0, 0.1) is 0 Å². The number of β-amino-alcohol motifs (C(OH)–C–C–N with tert-alkyl or cyclic N) is 1. The van der Waals surface area contributed by atoms with Gasteiger partial charge in [-0.15, -0.1) is 0 Å². The number of sulfonamides is 1. The van der Waals surface area contributed by atoms with Crippen LogP contribution >= 0.6 is 0 Å². The molecule has 150 valence electrons. The molecular formula is C18H29BN2O5S. The van der Waals surface area contributed by atoms with E-state index in [2.05, 4.69) is 4.72 Å². The lowest BCUT2D eigenvalue weighted by Gasteiger charge is -2.32. The third kappa shape index (κ3) is 4.84. The van der Waals surface area contributed by atoms with Crippen LogP contribution in [-0.4, -0.2) is 68.2 Å². The molecular weight excluding hydrogens is 367 g/mol. The van der Waals surface area contributed by atoms with Crippen molar-refractivity contribution in [1.29, 1.82) is 0 Å². The lowest BCUT2D eigenvalue weighted by Crippen LogP contribution is -2.41. The highest BCUT2D eigenvalue weighted by Crippen LogP contribution is 2.36. The van der Waals surface area contributed by atoms with E-state index >= 15 is 0 Å². The Labute approximate surface area is 162 Å². The van der Waals surface area contributed by atoms with E-state index in [1.54, 1.807) is 18.2 Å². The first kappa shape index (κ1) is 20.6. The summed E-state index contributed by atoms with van der Waals surface area (Å²) in [6, 6.07) is 7.12. The number of nitrogens with one attached hydrogen (secondary N) is 1. The van der Waals surface area contributed by atoms with Gasteiger partial charge in [0, 0.05) is 25.3 Å². The Morgan fingerprint density at radius 2 is 1.93 bits per heavy atom. The van der Waals surface area contributed by atoms with Crippen LogP contribution in [0.15, 0.2) is 24.3 Å². The summed E-state index contributed by atoms with van der Waals surface area (Å²) in [5.41, 5.74) is 0.362. The van der Waals surface area contributed by atoms with Gasteiger partial charge in [-0.05, 0) is 51.7 Å². The van der Waals surface area contributed by atoms with Crippen molar-refractivity contribution in [2.45, 2.75) is 51.4 Å². The highest BCUT2D eigenvalue weighted by Gasteiger charge is 2.51. The molecule has 1 atom stereocenters. The summed E-state index contributed by atoms with van der Waals surface area (Å²) in [6.45, 7) is 9.59. The third-order valence-electron chi connectivity index (χ3n) is 5.61. The number of anilines is 1. The number of benzene rings is 1. The van der Waals surface area contributed by atoms with Gasteiger partial charge in [0.05, 0.1) is 23.1 Å². The summed E-state index contributed by atoms with van der Waals surface area (Å²) in [4.78, 5) is 1.96. The van der Waals surface area contributed by atoms with Crippen molar-refractivity contribution in [2.24, 2.45) is 0 Å². The van der Waals surface area contributed by atoms with E-state index in [4.69, 9.17) is 9.31 Å². The fraction of sp³-hybridized carbons (Fsp3) is 0.667. The molecule has 27 heavy (non-hydrogen) atoms. The van der Waals surface area contributed by atoms with Crippen molar-refractivity contribution in [3.05, 3.63) is 24.3 Å². The van der Waals surface area contributed by atoms with Gasteiger partial charge in [0.15, 0.2) is 0 Å². The number of aliphatic hydroxyl groups is 1. The fourth-order valence-electron chi connectivity index (χ4n) is 3.22. The summed E-state index contributed by atoms with van der Waals surface area (Å²) >= 11 is 0.